The largest absolute Gasteiger partial charge is 0.497 e. The summed E-state index contributed by atoms with van der Waals surface area (Å²) in [5.74, 6) is 2.37. The number of pyridine rings is 1. The van der Waals surface area contributed by atoms with Gasteiger partial charge < -0.3 is 42.7 Å². The smallest absolute Gasteiger partial charge is 0.394 e. The Labute approximate surface area is 231 Å². The standard InChI is InChI=1S/C20H26N2O2.2H2O4S.6H2O/c1-3-13-12-22-9-7-14(13)10-19(22)20(23)16-6-8-21-18-5-4-15(24-2)11-17(16)18;2*1-5(2,3)4;;;;;;/h4-6,8,11,13-14,19-20,23H,3,7,9-10,12H2,1-2H3;2*(H2,1,2,3,4);6*1H2/t13-,14-,19+,20-;;;;;;;;/m0......../s1. The molecule has 4 heterocycles. The average Bonchev–Trinajstić information content (AvgIpc) is 2.75. The van der Waals surface area contributed by atoms with Gasteiger partial charge in [0.05, 0.1) is 18.7 Å². The lowest BCUT2D eigenvalue weighted by Gasteiger charge is -2.51. The van der Waals surface area contributed by atoms with E-state index in [0.29, 0.717) is 0 Å². The molecule has 0 spiro atoms. The van der Waals surface area contributed by atoms with E-state index in [1.54, 1.807) is 13.3 Å². The van der Waals surface area contributed by atoms with Crippen LogP contribution in [0, 0.1) is 11.8 Å². The van der Waals surface area contributed by atoms with Gasteiger partial charge in [0.1, 0.15) is 5.75 Å². The lowest BCUT2D eigenvalue weighted by Crippen LogP contribution is -2.55. The molecule has 2 aromatic rings. The second kappa shape index (κ2) is 19.8. The highest BCUT2D eigenvalue weighted by atomic mass is 32.3. The zero-order valence-electron chi connectivity index (χ0n) is 21.7. The monoisotopic (exact) mass is 630 g/mol. The van der Waals surface area contributed by atoms with E-state index < -0.39 is 26.9 Å². The minimum atomic E-state index is -4.67. The van der Waals surface area contributed by atoms with Crippen molar-refractivity contribution in [2.75, 3.05) is 20.2 Å². The zero-order chi connectivity index (χ0) is 25.7. The first kappa shape index (κ1) is 47.6. The van der Waals surface area contributed by atoms with E-state index in [4.69, 9.17) is 39.8 Å². The summed E-state index contributed by atoms with van der Waals surface area (Å²) in [6.07, 6.45) is 4.97. The number of aromatic nitrogens is 1. The molecule has 5 atom stereocenters. The van der Waals surface area contributed by atoms with Gasteiger partial charge in [-0.2, -0.15) is 16.8 Å². The second-order valence-electron chi connectivity index (χ2n) is 8.14. The molecule has 0 amide bonds. The van der Waals surface area contributed by atoms with Crippen LogP contribution in [-0.2, 0) is 20.8 Å². The molecule has 0 saturated carbocycles. The molecule has 1 aromatic carbocycles. The fourth-order valence-corrected chi connectivity index (χ4v) is 4.71. The van der Waals surface area contributed by atoms with Crippen molar-refractivity contribution in [1.29, 1.82) is 0 Å². The van der Waals surface area contributed by atoms with E-state index in [1.807, 2.05) is 24.3 Å². The molecule has 0 aliphatic carbocycles. The Hall–Kier alpha value is -2.15. The maximum atomic E-state index is 11.2. The summed E-state index contributed by atoms with van der Waals surface area (Å²) in [6, 6.07) is 8.07. The molecule has 0 radical (unpaired) electrons. The van der Waals surface area contributed by atoms with Gasteiger partial charge in [-0.25, -0.2) is 0 Å². The van der Waals surface area contributed by atoms with Crippen LogP contribution in [0.4, 0.5) is 0 Å². The number of piperidine rings is 3. The lowest BCUT2D eigenvalue weighted by molar-refractivity contribution is -0.0562. The van der Waals surface area contributed by atoms with Crippen molar-refractivity contribution < 1.29 is 77.7 Å². The predicted molar refractivity (Wildman–Crippen MR) is 145 cm³/mol. The molecule has 18 nitrogen and oxygen atoms in total. The van der Waals surface area contributed by atoms with Gasteiger partial charge in [0.25, 0.3) is 0 Å². The van der Waals surface area contributed by atoms with E-state index in [2.05, 4.69) is 16.8 Å². The normalized spacial score (nSPS) is 21.2. The van der Waals surface area contributed by atoms with Crippen LogP contribution >= 0.6 is 0 Å². The van der Waals surface area contributed by atoms with E-state index in [0.717, 1.165) is 53.6 Å². The summed E-state index contributed by atoms with van der Waals surface area (Å²) in [6.45, 7) is 4.55. The highest BCUT2D eigenvalue weighted by Gasteiger charge is 2.42. The molecule has 20 heteroatoms. The Balaban J connectivity index is -0.000000224. The Morgan fingerprint density at radius 2 is 1.50 bits per heavy atom. The van der Waals surface area contributed by atoms with Crippen molar-refractivity contribution in [1.82, 2.24) is 9.88 Å². The van der Waals surface area contributed by atoms with Gasteiger partial charge in [-0.1, -0.05) is 13.3 Å². The maximum Gasteiger partial charge on any atom is 0.394 e. The molecule has 17 N–H and O–H groups in total. The fourth-order valence-electron chi connectivity index (χ4n) is 4.71. The number of aliphatic hydroxyl groups is 1. The van der Waals surface area contributed by atoms with Crippen LogP contribution in [0.3, 0.4) is 0 Å². The van der Waals surface area contributed by atoms with Crippen molar-refractivity contribution in [3.63, 3.8) is 0 Å². The van der Waals surface area contributed by atoms with Gasteiger partial charge >= 0.3 is 20.8 Å². The van der Waals surface area contributed by atoms with Gasteiger partial charge in [0.15, 0.2) is 0 Å². The number of fused-ring (bicyclic) bond motifs is 4. The van der Waals surface area contributed by atoms with Gasteiger partial charge in [0.2, 0.25) is 0 Å². The molecular formula is C20H42N2O16S2. The SMILES string of the molecule is CC[C@H]1CN2CC[C@H]1C[C@@H]2[C@@H](O)c1ccnc2ccc(OC)cc12.O.O.O.O.O.O.O=S(=O)(O)O.O=S(=O)(O)O. The summed E-state index contributed by atoms with van der Waals surface area (Å²) < 4.78 is 68.5. The lowest BCUT2D eigenvalue weighted by atomic mass is 9.72. The molecular weight excluding hydrogens is 588 g/mol. The van der Waals surface area contributed by atoms with Crippen LogP contribution in [0.1, 0.15) is 37.9 Å². The molecule has 1 unspecified atom stereocenters. The molecule has 5 rings (SSSR count). The molecule has 3 aliphatic heterocycles. The molecule has 3 saturated heterocycles. The van der Waals surface area contributed by atoms with Crippen LogP contribution in [-0.4, -0.2) is 109 Å². The Morgan fingerprint density at radius 1 is 0.975 bits per heavy atom. The molecule has 1 aromatic heterocycles. The predicted octanol–water partition coefficient (Wildman–Crippen LogP) is -2.86. The first-order valence-electron chi connectivity index (χ1n) is 10.5. The fraction of sp³-hybridized carbons (Fsp3) is 0.550. The number of hydrogen-bond donors (Lipinski definition) is 5. The van der Waals surface area contributed by atoms with Gasteiger partial charge in [0, 0.05) is 24.2 Å². The third-order valence-electron chi connectivity index (χ3n) is 6.13. The van der Waals surface area contributed by atoms with Crippen molar-refractivity contribution >= 4 is 31.7 Å². The van der Waals surface area contributed by atoms with Crippen molar-refractivity contribution in [2.24, 2.45) is 11.8 Å². The third kappa shape index (κ3) is 15.0. The Kier molecular flexibility index (Phi) is 23.6. The van der Waals surface area contributed by atoms with Crippen LogP contribution < -0.4 is 4.74 Å². The summed E-state index contributed by atoms with van der Waals surface area (Å²) in [7, 11) is -7.66. The molecule has 3 fully saturated rings. The minimum absolute atomic E-state index is 0. The van der Waals surface area contributed by atoms with Crippen LogP contribution in [0.15, 0.2) is 30.5 Å². The van der Waals surface area contributed by atoms with Gasteiger partial charge in [-0.3, -0.25) is 28.1 Å². The summed E-state index contributed by atoms with van der Waals surface area (Å²) >= 11 is 0. The number of hydrogen-bond acceptors (Lipinski definition) is 8. The topological polar surface area (TPSA) is 384 Å². The Bertz CT molecular complexity index is 1140. The van der Waals surface area contributed by atoms with E-state index in [9.17, 15) is 5.11 Å². The number of rotatable bonds is 4. The van der Waals surface area contributed by atoms with Crippen molar-refractivity contribution in [3.05, 3.63) is 36.0 Å². The summed E-state index contributed by atoms with van der Waals surface area (Å²) in [5, 5.41) is 12.2. The number of ether oxygens (including phenoxy) is 1. The summed E-state index contributed by atoms with van der Waals surface area (Å²) in [4.78, 5) is 6.94. The number of methoxy groups -OCH3 is 1. The zero-order valence-corrected chi connectivity index (χ0v) is 23.4. The number of benzene rings is 1. The van der Waals surface area contributed by atoms with Crippen LogP contribution in [0.25, 0.3) is 10.9 Å². The van der Waals surface area contributed by atoms with Crippen LogP contribution in [0.2, 0.25) is 0 Å². The molecule has 3 aliphatic rings. The Morgan fingerprint density at radius 3 is 1.93 bits per heavy atom. The van der Waals surface area contributed by atoms with E-state index >= 15 is 0 Å². The van der Waals surface area contributed by atoms with Crippen molar-refractivity contribution in [3.8, 4) is 5.75 Å². The molecule has 40 heavy (non-hydrogen) atoms. The third-order valence-corrected chi connectivity index (χ3v) is 6.13. The summed E-state index contributed by atoms with van der Waals surface area (Å²) in [5.41, 5.74) is 1.89. The van der Waals surface area contributed by atoms with E-state index in [1.165, 1.54) is 12.8 Å². The maximum absolute atomic E-state index is 11.2. The van der Waals surface area contributed by atoms with Crippen LogP contribution in [0.5, 0.6) is 5.75 Å². The number of nitrogens with zero attached hydrogens (tertiary/aromatic N) is 2. The van der Waals surface area contributed by atoms with E-state index in [-0.39, 0.29) is 38.9 Å². The first-order valence-corrected chi connectivity index (χ1v) is 13.2. The molecule has 2 bridgehead atoms. The minimum Gasteiger partial charge on any atom is -0.497 e. The highest BCUT2D eigenvalue weighted by Crippen LogP contribution is 2.42. The van der Waals surface area contributed by atoms with Crippen molar-refractivity contribution in [2.45, 2.75) is 38.3 Å². The number of aliphatic hydroxyl groups excluding tert-OH is 1. The van der Waals surface area contributed by atoms with Gasteiger partial charge in [-0.15, -0.1) is 0 Å². The second-order valence-corrected chi connectivity index (χ2v) is 9.93. The highest BCUT2D eigenvalue weighted by molar-refractivity contribution is 7.80. The molecule has 240 valence electrons. The quantitative estimate of drug-likeness (QED) is 0.213. The van der Waals surface area contributed by atoms with Gasteiger partial charge in [-0.05, 0) is 61.1 Å². The first-order chi connectivity index (χ1) is 15.7. The average molecular weight is 631 g/mol.